The van der Waals surface area contributed by atoms with Gasteiger partial charge in [-0.05, 0) is 60.0 Å². The molecule has 0 aliphatic carbocycles. The van der Waals surface area contributed by atoms with Gasteiger partial charge in [0.05, 0.1) is 17.8 Å². The summed E-state index contributed by atoms with van der Waals surface area (Å²) in [6.45, 7) is 0.202. The van der Waals surface area contributed by atoms with E-state index in [2.05, 4.69) is 15.3 Å². The summed E-state index contributed by atoms with van der Waals surface area (Å²) >= 11 is 0. The molecule has 0 radical (unpaired) electrons. The van der Waals surface area contributed by atoms with Crippen LogP contribution >= 0.6 is 0 Å². The van der Waals surface area contributed by atoms with E-state index in [1.54, 1.807) is 36.5 Å². The molecule has 1 aliphatic rings. The first-order valence-electron chi connectivity index (χ1n) is 10.7. The van der Waals surface area contributed by atoms with Crippen molar-refractivity contribution in [2.45, 2.75) is 18.9 Å². The molecule has 5 nitrogen and oxygen atoms in total. The minimum Gasteiger partial charge on any atom is -0.396 e. The summed E-state index contributed by atoms with van der Waals surface area (Å²) in [7, 11) is 0. The maximum atomic E-state index is 14.9. The fourth-order valence-corrected chi connectivity index (χ4v) is 3.81. The molecule has 0 fully saturated rings. The lowest BCUT2D eigenvalue weighted by Gasteiger charge is -2.19. The van der Waals surface area contributed by atoms with Gasteiger partial charge in [-0.2, -0.15) is 0 Å². The number of carbonyl (C=O) groups is 1. The quantitative estimate of drug-likeness (QED) is 0.549. The molecule has 2 N–H and O–H groups in total. The minimum absolute atomic E-state index is 0.107. The summed E-state index contributed by atoms with van der Waals surface area (Å²) in [6, 6.07) is 15.5. The largest absolute Gasteiger partial charge is 0.396 e. The van der Waals surface area contributed by atoms with Crippen LogP contribution in [0.5, 0.6) is 0 Å². The predicted octanol–water partition coefficient (Wildman–Crippen LogP) is 3.97. The van der Waals surface area contributed by atoms with Crippen molar-refractivity contribution in [3.05, 3.63) is 107 Å². The van der Waals surface area contributed by atoms with Gasteiger partial charge in [0.1, 0.15) is 11.6 Å². The number of amides is 1. The van der Waals surface area contributed by atoms with E-state index in [-0.39, 0.29) is 29.6 Å². The molecule has 0 bridgehead atoms. The predicted molar refractivity (Wildman–Crippen MR) is 123 cm³/mol. The molecule has 0 unspecified atom stereocenters. The second-order valence-electron chi connectivity index (χ2n) is 7.75. The number of aromatic nitrogens is 1. The van der Waals surface area contributed by atoms with Crippen molar-refractivity contribution in [1.29, 1.82) is 0 Å². The van der Waals surface area contributed by atoms with Gasteiger partial charge in [-0.25, -0.2) is 8.78 Å². The van der Waals surface area contributed by atoms with Crippen LogP contribution < -0.4 is 5.32 Å². The molecule has 1 amide bonds. The van der Waals surface area contributed by atoms with Crippen molar-refractivity contribution in [3.63, 3.8) is 0 Å². The van der Waals surface area contributed by atoms with Gasteiger partial charge in [0, 0.05) is 36.5 Å². The molecular formula is C26H23F2N3O2. The van der Waals surface area contributed by atoms with Crippen molar-refractivity contribution in [3.8, 4) is 0 Å². The van der Waals surface area contributed by atoms with E-state index in [4.69, 9.17) is 0 Å². The van der Waals surface area contributed by atoms with Crippen LogP contribution in [-0.2, 0) is 6.42 Å². The van der Waals surface area contributed by atoms with Crippen LogP contribution in [-0.4, -0.2) is 40.9 Å². The number of aliphatic hydroxyl groups is 1. The Labute approximate surface area is 190 Å². The molecule has 2 heterocycles. The Morgan fingerprint density at radius 1 is 1.06 bits per heavy atom. The van der Waals surface area contributed by atoms with Gasteiger partial charge in [-0.1, -0.05) is 24.3 Å². The van der Waals surface area contributed by atoms with E-state index < -0.39 is 11.7 Å². The zero-order valence-electron chi connectivity index (χ0n) is 17.8. The number of halogens is 2. The number of aliphatic hydroxyl groups excluding tert-OH is 1. The van der Waals surface area contributed by atoms with Gasteiger partial charge in [-0.3, -0.25) is 14.8 Å². The van der Waals surface area contributed by atoms with Crippen molar-refractivity contribution in [2.75, 3.05) is 13.2 Å². The molecule has 0 saturated heterocycles. The molecule has 168 valence electrons. The van der Waals surface area contributed by atoms with Crippen LogP contribution in [0.1, 0.15) is 33.6 Å². The van der Waals surface area contributed by atoms with Crippen LogP contribution in [0.3, 0.4) is 0 Å². The monoisotopic (exact) mass is 447 g/mol. The van der Waals surface area contributed by atoms with Crippen LogP contribution in [0.15, 0.2) is 77.9 Å². The second kappa shape index (κ2) is 10.3. The minimum atomic E-state index is -0.554. The van der Waals surface area contributed by atoms with Gasteiger partial charge in [-0.15, -0.1) is 0 Å². The highest BCUT2D eigenvalue weighted by atomic mass is 19.1. The number of benzene rings is 2. The SMILES string of the molecule is O=C(N[C@H](CCO)Cc1ccccn1)c1cccc(F)c1C1=NCC(c2ccc(F)cc2)=C1. The molecular weight excluding hydrogens is 424 g/mol. The molecule has 4 rings (SSSR count). The fraction of sp³-hybridized carbons (Fsp3) is 0.192. The third-order valence-electron chi connectivity index (χ3n) is 5.45. The lowest BCUT2D eigenvalue weighted by Crippen LogP contribution is -2.38. The van der Waals surface area contributed by atoms with Gasteiger partial charge in [0.2, 0.25) is 0 Å². The molecule has 1 aliphatic heterocycles. The third kappa shape index (κ3) is 5.38. The summed E-state index contributed by atoms with van der Waals surface area (Å²) in [6.07, 6.45) is 4.17. The number of nitrogens with zero attached hydrogens (tertiary/aromatic N) is 2. The van der Waals surface area contributed by atoms with Gasteiger partial charge in [0.25, 0.3) is 5.91 Å². The molecule has 0 saturated carbocycles. The molecule has 0 spiro atoms. The van der Waals surface area contributed by atoms with E-state index in [0.29, 0.717) is 25.1 Å². The fourth-order valence-electron chi connectivity index (χ4n) is 3.81. The van der Waals surface area contributed by atoms with Crippen molar-refractivity contribution < 1.29 is 18.7 Å². The number of hydrogen-bond acceptors (Lipinski definition) is 4. The normalized spacial score (nSPS) is 13.9. The Kier molecular flexibility index (Phi) is 7.00. The number of hydrogen-bond donors (Lipinski definition) is 2. The molecule has 3 aromatic rings. The summed E-state index contributed by atoms with van der Waals surface area (Å²) in [5.74, 6) is -1.35. The lowest BCUT2D eigenvalue weighted by molar-refractivity contribution is 0.0929. The first-order valence-corrected chi connectivity index (χ1v) is 10.7. The highest BCUT2D eigenvalue weighted by molar-refractivity contribution is 6.19. The second-order valence-corrected chi connectivity index (χ2v) is 7.75. The molecule has 1 atom stereocenters. The smallest absolute Gasteiger partial charge is 0.252 e. The van der Waals surface area contributed by atoms with E-state index >= 15 is 0 Å². The molecule has 7 heteroatoms. The van der Waals surface area contributed by atoms with Gasteiger partial charge in [0.15, 0.2) is 0 Å². The van der Waals surface area contributed by atoms with Gasteiger partial charge >= 0.3 is 0 Å². The van der Waals surface area contributed by atoms with Crippen LogP contribution in [0.25, 0.3) is 5.57 Å². The third-order valence-corrected chi connectivity index (χ3v) is 5.45. The number of nitrogens with one attached hydrogen (secondary N) is 1. The van der Waals surface area contributed by atoms with E-state index in [1.165, 1.54) is 24.3 Å². The van der Waals surface area contributed by atoms with E-state index in [0.717, 1.165) is 16.8 Å². The number of allylic oxidation sites excluding steroid dienone is 1. The molecule has 2 aromatic carbocycles. The average molecular weight is 447 g/mol. The number of rotatable bonds is 8. The standard InChI is InChI=1S/C26H23F2N3O2/c27-19-9-7-17(8-10-19)18-14-24(30-16-18)25-22(5-3-6-23(25)28)26(33)31-21(11-13-32)15-20-4-1-2-12-29-20/h1-10,12,14,21,32H,11,13,15-16H2,(H,31,33)/t21-/m1/s1. The van der Waals surface area contributed by atoms with Gasteiger partial charge < -0.3 is 10.4 Å². The first-order chi connectivity index (χ1) is 16.0. The Morgan fingerprint density at radius 2 is 1.88 bits per heavy atom. The number of pyridine rings is 1. The molecule has 1 aromatic heterocycles. The van der Waals surface area contributed by atoms with E-state index in [1.807, 2.05) is 12.1 Å². The van der Waals surface area contributed by atoms with Crippen LogP contribution in [0, 0.1) is 11.6 Å². The topological polar surface area (TPSA) is 74.6 Å². The Morgan fingerprint density at radius 3 is 2.61 bits per heavy atom. The van der Waals surface area contributed by atoms with E-state index in [9.17, 15) is 18.7 Å². The average Bonchev–Trinajstić information content (AvgIpc) is 3.30. The zero-order valence-corrected chi connectivity index (χ0v) is 17.8. The Bertz CT molecular complexity index is 1190. The van der Waals surface area contributed by atoms with Crippen LogP contribution in [0.4, 0.5) is 8.78 Å². The zero-order chi connectivity index (χ0) is 23.2. The van der Waals surface area contributed by atoms with Crippen molar-refractivity contribution in [2.24, 2.45) is 4.99 Å². The highest BCUT2D eigenvalue weighted by Crippen LogP contribution is 2.25. The summed E-state index contributed by atoms with van der Waals surface area (Å²) in [4.78, 5) is 21.9. The van der Waals surface area contributed by atoms with Crippen molar-refractivity contribution >= 4 is 17.2 Å². The Hall–Kier alpha value is -3.71. The summed E-state index contributed by atoms with van der Waals surface area (Å²) in [5, 5.41) is 12.3. The van der Waals surface area contributed by atoms with Crippen molar-refractivity contribution in [1.82, 2.24) is 10.3 Å². The maximum absolute atomic E-state index is 14.9. The Balaban J connectivity index is 1.58. The van der Waals surface area contributed by atoms with Crippen LogP contribution in [0.2, 0.25) is 0 Å². The summed E-state index contributed by atoms with van der Waals surface area (Å²) in [5.41, 5.74) is 3.02. The highest BCUT2D eigenvalue weighted by Gasteiger charge is 2.23. The first kappa shape index (κ1) is 22.5. The number of carbonyl (C=O) groups excluding carboxylic acids is 1. The lowest BCUT2D eigenvalue weighted by atomic mass is 9.98. The molecule has 33 heavy (non-hydrogen) atoms. The maximum Gasteiger partial charge on any atom is 0.252 e. The summed E-state index contributed by atoms with van der Waals surface area (Å²) < 4.78 is 28.1. The number of aliphatic imine (C=N–C) groups is 1.